The van der Waals surface area contributed by atoms with Gasteiger partial charge in [0.25, 0.3) is 5.91 Å². The number of benzene rings is 2. The van der Waals surface area contributed by atoms with Crippen LogP contribution in [-0.4, -0.2) is 5.91 Å². The van der Waals surface area contributed by atoms with Crippen LogP contribution in [0.2, 0.25) is 0 Å². The summed E-state index contributed by atoms with van der Waals surface area (Å²) < 4.78 is 14.1. The molecule has 0 unspecified atom stereocenters. The Bertz CT molecular complexity index is 658. The number of carbonyl (C=O) groups excluding carboxylic acids is 1. The number of hydrogen-bond donors (Lipinski definition) is 2. The summed E-state index contributed by atoms with van der Waals surface area (Å²) in [7, 11) is 0. The second-order valence-electron chi connectivity index (χ2n) is 4.34. The third-order valence-electron chi connectivity index (χ3n) is 2.96. The van der Waals surface area contributed by atoms with E-state index in [0.29, 0.717) is 5.69 Å². The van der Waals surface area contributed by atoms with Crippen LogP contribution in [0.1, 0.15) is 22.8 Å². The molecule has 2 rings (SSSR count). The van der Waals surface area contributed by atoms with Crippen molar-refractivity contribution in [2.24, 2.45) is 0 Å². The zero-order chi connectivity index (χ0) is 14.7. The van der Waals surface area contributed by atoms with Crippen molar-refractivity contribution in [1.82, 2.24) is 0 Å². The van der Waals surface area contributed by atoms with Crippen molar-refractivity contribution in [2.45, 2.75) is 13.3 Å². The van der Waals surface area contributed by atoms with Gasteiger partial charge in [0.15, 0.2) is 0 Å². The molecule has 2 aromatic rings. The van der Waals surface area contributed by atoms with Crippen molar-refractivity contribution in [1.29, 1.82) is 0 Å². The molecular formula is C15H14BrFN2O. The fraction of sp³-hybridized carbons (Fsp3) is 0.133. The molecule has 0 aliphatic rings. The maximum absolute atomic E-state index is 13.2. The molecule has 3 nitrogen and oxygen atoms in total. The van der Waals surface area contributed by atoms with Crippen molar-refractivity contribution in [3.63, 3.8) is 0 Å². The zero-order valence-electron chi connectivity index (χ0n) is 10.9. The molecular weight excluding hydrogens is 323 g/mol. The van der Waals surface area contributed by atoms with E-state index in [-0.39, 0.29) is 11.3 Å². The highest BCUT2D eigenvalue weighted by atomic mass is 79.9. The molecule has 1 amide bonds. The number of aryl methyl sites for hydroxylation is 1. The van der Waals surface area contributed by atoms with Gasteiger partial charge in [0.05, 0.1) is 5.56 Å². The van der Waals surface area contributed by atoms with Crippen LogP contribution < -0.4 is 11.1 Å². The lowest BCUT2D eigenvalue weighted by atomic mass is 10.1. The summed E-state index contributed by atoms with van der Waals surface area (Å²) in [6.07, 6.45) is 0.772. The molecule has 0 aliphatic heterocycles. The zero-order valence-corrected chi connectivity index (χ0v) is 12.5. The van der Waals surface area contributed by atoms with E-state index in [1.807, 2.05) is 19.1 Å². The van der Waals surface area contributed by atoms with Gasteiger partial charge in [0.1, 0.15) is 5.82 Å². The van der Waals surface area contributed by atoms with Gasteiger partial charge in [-0.05, 0) is 48.4 Å². The Morgan fingerprint density at radius 1 is 1.30 bits per heavy atom. The predicted octanol–water partition coefficient (Wildman–Crippen LogP) is 3.99. The average molecular weight is 337 g/mol. The molecule has 5 heteroatoms. The summed E-state index contributed by atoms with van der Waals surface area (Å²) in [5.41, 5.74) is 7.77. The largest absolute Gasteiger partial charge is 0.398 e. The van der Waals surface area contributed by atoms with Gasteiger partial charge in [-0.25, -0.2) is 4.39 Å². The van der Waals surface area contributed by atoms with Crippen LogP contribution in [0, 0.1) is 5.82 Å². The van der Waals surface area contributed by atoms with Gasteiger partial charge in [-0.1, -0.05) is 22.9 Å². The lowest BCUT2D eigenvalue weighted by Crippen LogP contribution is -2.15. The molecule has 0 saturated heterocycles. The van der Waals surface area contributed by atoms with E-state index in [4.69, 9.17) is 5.73 Å². The number of nitrogen functional groups attached to an aromatic ring is 1. The standard InChI is InChI=1S/C15H14BrFN2O/c1-2-9-7-10(16)3-6-14(9)19-15(20)12-8-11(17)4-5-13(12)18/h3-8H,2,18H2,1H3,(H,19,20). The molecule has 104 valence electrons. The second kappa shape index (κ2) is 6.05. The van der Waals surface area contributed by atoms with E-state index in [0.717, 1.165) is 22.5 Å². The van der Waals surface area contributed by atoms with Gasteiger partial charge in [0, 0.05) is 15.8 Å². The van der Waals surface area contributed by atoms with Crippen molar-refractivity contribution in [3.05, 3.63) is 57.8 Å². The summed E-state index contributed by atoms with van der Waals surface area (Å²) in [6, 6.07) is 9.31. The van der Waals surface area contributed by atoms with Crippen LogP contribution in [0.15, 0.2) is 40.9 Å². The molecule has 0 fully saturated rings. The summed E-state index contributed by atoms with van der Waals surface area (Å²) in [6.45, 7) is 1.99. The molecule has 0 heterocycles. The first-order valence-corrected chi connectivity index (χ1v) is 6.95. The smallest absolute Gasteiger partial charge is 0.257 e. The van der Waals surface area contributed by atoms with Crippen molar-refractivity contribution in [3.8, 4) is 0 Å². The molecule has 0 aromatic heterocycles. The van der Waals surface area contributed by atoms with Crippen LogP contribution in [0.3, 0.4) is 0 Å². The molecule has 0 bridgehead atoms. The van der Waals surface area contributed by atoms with Gasteiger partial charge in [-0.2, -0.15) is 0 Å². The van der Waals surface area contributed by atoms with Gasteiger partial charge in [-0.15, -0.1) is 0 Å². The monoisotopic (exact) mass is 336 g/mol. The Kier molecular flexibility index (Phi) is 4.39. The minimum absolute atomic E-state index is 0.134. The maximum atomic E-state index is 13.2. The third-order valence-corrected chi connectivity index (χ3v) is 3.45. The number of hydrogen-bond acceptors (Lipinski definition) is 2. The van der Waals surface area contributed by atoms with E-state index < -0.39 is 11.7 Å². The van der Waals surface area contributed by atoms with Crippen molar-refractivity contribution in [2.75, 3.05) is 11.1 Å². The lowest BCUT2D eigenvalue weighted by Gasteiger charge is -2.11. The molecule has 2 aromatic carbocycles. The number of halogens is 2. The van der Waals surface area contributed by atoms with Crippen molar-refractivity contribution < 1.29 is 9.18 Å². The SMILES string of the molecule is CCc1cc(Br)ccc1NC(=O)c1cc(F)ccc1N. The number of nitrogens with two attached hydrogens (primary N) is 1. The first-order valence-electron chi connectivity index (χ1n) is 6.16. The predicted molar refractivity (Wildman–Crippen MR) is 82.3 cm³/mol. The highest BCUT2D eigenvalue weighted by molar-refractivity contribution is 9.10. The summed E-state index contributed by atoms with van der Waals surface area (Å²) in [5, 5.41) is 2.77. The molecule has 20 heavy (non-hydrogen) atoms. The Morgan fingerprint density at radius 3 is 2.75 bits per heavy atom. The van der Waals surface area contributed by atoms with E-state index in [9.17, 15) is 9.18 Å². The molecule has 0 saturated carbocycles. The number of amides is 1. The number of carbonyl (C=O) groups is 1. The maximum Gasteiger partial charge on any atom is 0.257 e. The first kappa shape index (κ1) is 14.5. The Hall–Kier alpha value is -1.88. The fourth-order valence-electron chi connectivity index (χ4n) is 1.89. The molecule has 0 radical (unpaired) electrons. The lowest BCUT2D eigenvalue weighted by molar-refractivity contribution is 0.102. The topological polar surface area (TPSA) is 55.1 Å². The summed E-state index contributed by atoms with van der Waals surface area (Å²) in [5.74, 6) is -0.908. The van der Waals surface area contributed by atoms with Crippen LogP contribution in [0.25, 0.3) is 0 Å². The Balaban J connectivity index is 2.30. The third kappa shape index (κ3) is 3.17. The van der Waals surface area contributed by atoms with E-state index >= 15 is 0 Å². The minimum Gasteiger partial charge on any atom is -0.398 e. The average Bonchev–Trinajstić information content (AvgIpc) is 2.43. The van der Waals surface area contributed by atoms with Crippen LogP contribution in [0.4, 0.5) is 15.8 Å². The van der Waals surface area contributed by atoms with Crippen LogP contribution >= 0.6 is 15.9 Å². The first-order chi connectivity index (χ1) is 9.51. The van der Waals surface area contributed by atoms with Gasteiger partial charge >= 0.3 is 0 Å². The fourth-order valence-corrected chi connectivity index (χ4v) is 2.30. The van der Waals surface area contributed by atoms with E-state index in [1.165, 1.54) is 12.1 Å². The highest BCUT2D eigenvalue weighted by Crippen LogP contribution is 2.23. The van der Waals surface area contributed by atoms with E-state index in [1.54, 1.807) is 6.07 Å². The number of rotatable bonds is 3. The van der Waals surface area contributed by atoms with Gasteiger partial charge < -0.3 is 11.1 Å². The van der Waals surface area contributed by atoms with Crippen LogP contribution in [0.5, 0.6) is 0 Å². The highest BCUT2D eigenvalue weighted by Gasteiger charge is 2.12. The van der Waals surface area contributed by atoms with Gasteiger partial charge in [-0.3, -0.25) is 4.79 Å². The van der Waals surface area contributed by atoms with Crippen LogP contribution in [-0.2, 0) is 6.42 Å². The molecule has 0 spiro atoms. The second-order valence-corrected chi connectivity index (χ2v) is 5.26. The summed E-state index contributed by atoms with van der Waals surface area (Å²) >= 11 is 3.39. The van der Waals surface area contributed by atoms with E-state index in [2.05, 4.69) is 21.2 Å². The normalized spacial score (nSPS) is 10.3. The number of anilines is 2. The summed E-state index contributed by atoms with van der Waals surface area (Å²) in [4.78, 5) is 12.2. The Labute approximate surface area is 125 Å². The van der Waals surface area contributed by atoms with Crippen molar-refractivity contribution >= 4 is 33.2 Å². The molecule has 0 aliphatic carbocycles. The quantitative estimate of drug-likeness (QED) is 0.832. The minimum atomic E-state index is -0.490. The molecule has 0 atom stereocenters. The molecule has 3 N–H and O–H groups in total. The number of nitrogens with one attached hydrogen (secondary N) is 1. The Morgan fingerprint density at radius 2 is 2.05 bits per heavy atom. The van der Waals surface area contributed by atoms with Gasteiger partial charge in [0.2, 0.25) is 0 Å².